The van der Waals surface area contributed by atoms with Crippen LogP contribution in [0.15, 0.2) is 58.6 Å². The molecule has 7 heteroatoms. The molecule has 1 aliphatic heterocycles. The van der Waals surface area contributed by atoms with E-state index in [1.807, 2.05) is 55.5 Å². The summed E-state index contributed by atoms with van der Waals surface area (Å²) in [6.45, 7) is 2.23. The zero-order chi connectivity index (χ0) is 19.0. The molecule has 0 aliphatic carbocycles. The number of aromatic amines is 1. The van der Waals surface area contributed by atoms with Crippen molar-refractivity contribution >= 4 is 11.6 Å². The maximum atomic E-state index is 12.6. The number of rotatable bonds is 4. The third-order valence-corrected chi connectivity index (χ3v) is 4.53. The first kappa shape index (κ1) is 16.6. The molecular weight excluding hydrogens is 342 g/mol. The van der Waals surface area contributed by atoms with Gasteiger partial charge in [-0.05, 0) is 23.6 Å². The van der Waals surface area contributed by atoms with E-state index in [9.17, 15) is 9.90 Å². The van der Waals surface area contributed by atoms with E-state index in [-0.39, 0.29) is 18.3 Å². The Labute approximate surface area is 154 Å². The van der Waals surface area contributed by atoms with Gasteiger partial charge in [-0.3, -0.25) is 4.79 Å². The number of carbonyl (C=O) groups excluding carboxylic acids is 1. The molecule has 132 valence electrons. The number of azide groups is 1. The van der Waals surface area contributed by atoms with Crippen molar-refractivity contribution < 1.29 is 9.90 Å². The highest BCUT2D eigenvalue weighted by Crippen LogP contribution is 2.38. The van der Waals surface area contributed by atoms with Gasteiger partial charge in [0.05, 0.1) is 29.1 Å². The minimum atomic E-state index is -0.384. The van der Waals surface area contributed by atoms with Crippen LogP contribution in [0.4, 0.5) is 0 Å². The number of fused-ring (bicyclic) bond motifs is 1. The number of aromatic hydroxyl groups is 1. The van der Waals surface area contributed by atoms with Crippen molar-refractivity contribution in [3.05, 3.63) is 86.8 Å². The van der Waals surface area contributed by atoms with E-state index in [1.54, 1.807) is 0 Å². The van der Waals surface area contributed by atoms with Gasteiger partial charge in [0.2, 0.25) is 0 Å². The zero-order valence-electron chi connectivity index (χ0n) is 14.5. The van der Waals surface area contributed by atoms with E-state index < -0.39 is 0 Å². The van der Waals surface area contributed by atoms with E-state index in [0.29, 0.717) is 22.5 Å². The highest BCUT2D eigenvalue weighted by molar-refractivity contribution is 6.30. The van der Waals surface area contributed by atoms with Crippen LogP contribution in [0, 0.1) is 6.92 Å². The molecule has 0 spiro atoms. The quantitative estimate of drug-likeness (QED) is 0.407. The fraction of sp³-hybridized carbons (Fsp3) is 0.100. The van der Waals surface area contributed by atoms with E-state index in [1.165, 1.54) is 0 Å². The average molecular weight is 357 g/mol. The van der Waals surface area contributed by atoms with Gasteiger partial charge >= 0.3 is 0 Å². The van der Waals surface area contributed by atoms with Crippen LogP contribution >= 0.6 is 0 Å². The lowest BCUT2D eigenvalue weighted by Gasteiger charge is -2.02. The van der Waals surface area contributed by atoms with Gasteiger partial charge in [-0.2, -0.15) is 0 Å². The summed E-state index contributed by atoms with van der Waals surface area (Å²) in [5.74, 6) is -0.464. The maximum absolute atomic E-state index is 12.6. The Morgan fingerprint density at radius 2 is 1.74 bits per heavy atom. The van der Waals surface area contributed by atoms with Crippen molar-refractivity contribution in [1.29, 1.82) is 0 Å². The monoisotopic (exact) mass is 357 g/mol. The zero-order valence-corrected chi connectivity index (χ0v) is 14.5. The molecule has 2 aromatic carbocycles. The van der Waals surface area contributed by atoms with Crippen LogP contribution in [-0.4, -0.2) is 21.7 Å². The highest BCUT2D eigenvalue weighted by Gasteiger charge is 2.33. The van der Waals surface area contributed by atoms with E-state index in [4.69, 9.17) is 5.53 Å². The van der Waals surface area contributed by atoms with Crippen LogP contribution in [0.25, 0.3) is 21.7 Å². The molecule has 0 saturated heterocycles. The Morgan fingerprint density at radius 3 is 2.41 bits per heavy atom. The molecule has 2 N–H and O–H groups in total. The maximum Gasteiger partial charge on any atom is 0.280 e. The average Bonchev–Trinajstić information content (AvgIpc) is 3.20. The van der Waals surface area contributed by atoms with Crippen LogP contribution < -0.4 is 0 Å². The number of aromatic nitrogens is 1. The molecule has 1 aromatic heterocycles. The Morgan fingerprint density at radius 1 is 1.07 bits per heavy atom. The number of aryl methyl sites for hydroxylation is 1. The van der Waals surface area contributed by atoms with Crippen LogP contribution in [0.1, 0.15) is 32.6 Å². The predicted molar refractivity (Wildman–Crippen MR) is 102 cm³/mol. The van der Waals surface area contributed by atoms with Crippen LogP contribution in [0.3, 0.4) is 0 Å². The molecule has 1 aliphatic rings. The number of nitrogens with one attached hydrogen (secondary N) is 1. The molecule has 0 atom stereocenters. The molecular formula is C20H15N5O2. The standard InChI is InChI=1S/C20H15N5O2/c1-11-2-6-13(7-3-11)17-15-16(20(27)23-17)18(24-19(15)26)14-8-4-12(5-9-14)10-22-25-21/h2-9,24,26H,10H2,1H3. The Hall–Kier alpha value is -3.83. The first-order chi connectivity index (χ1) is 13.1. The minimum absolute atomic E-state index is 0.0802. The highest BCUT2D eigenvalue weighted by atomic mass is 16.3. The lowest BCUT2D eigenvalue weighted by Crippen LogP contribution is -1.99. The topological polar surface area (TPSA) is 114 Å². The summed E-state index contributed by atoms with van der Waals surface area (Å²) in [7, 11) is 0. The van der Waals surface area contributed by atoms with Crippen molar-refractivity contribution in [1.82, 2.24) is 4.98 Å². The van der Waals surface area contributed by atoms with Gasteiger partial charge in [0.15, 0.2) is 5.88 Å². The SMILES string of the molecule is Cc1ccc(C2=NC(=O)c3c(-c4ccc(CN=[N+]=[N-])cc4)[nH]c(O)c32)cc1. The molecule has 0 radical (unpaired) electrons. The molecule has 0 unspecified atom stereocenters. The molecule has 7 nitrogen and oxygen atoms in total. The van der Waals surface area contributed by atoms with Crippen molar-refractivity contribution in [3.8, 4) is 17.1 Å². The largest absolute Gasteiger partial charge is 0.494 e. The summed E-state index contributed by atoms with van der Waals surface area (Å²) in [5, 5.41) is 14.0. The van der Waals surface area contributed by atoms with Crippen LogP contribution in [0.2, 0.25) is 0 Å². The predicted octanol–water partition coefficient (Wildman–Crippen LogP) is 4.50. The van der Waals surface area contributed by atoms with E-state index >= 15 is 0 Å². The van der Waals surface area contributed by atoms with E-state index in [2.05, 4.69) is 20.0 Å². The third-order valence-electron chi connectivity index (χ3n) is 4.53. The second-order valence-electron chi connectivity index (χ2n) is 6.32. The Kier molecular flexibility index (Phi) is 3.99. The number of carbonyl (C=O) groups is 1. The van der Waals surface area contributed by atoms with Gasteiger partial charge < -0.3 is 10.1 Å². The second kappa shape index (κ2) is 6.48. The molecule has 1 amide bonds. The number of hydrogen-bond donors (Lipinski definition) is 2. The minimum Gasteiger partial charge on any atom is -0.494 e. The normalized spacial score (nSPS) is 12.5. The summed E-state index contributed by atoms with van der Waals surface area (Å²) in [6, 6.07) is 14.9. The molecule has 27 heavy (non-hydrogen) atoms. The number of benzene rings is 2. The van der Waals surface area contributed by atoms with Crippen molar-refractivity contribution in [2.45, 2.75) is 13.5 Å². The van der Waals surface area contributed by atoms with Gasteiger partial charge in [0.25, 0.3) is 5.91 Å². The number of hydrogen-bond acceptors (Lipinski definition) is 3. The Balaban J connectivity index is 1.76. The fourth-order valence-electron chi connectivity index (χ4n) is 3.17. The lowest BCUT2D eigenvalue weighted by atomic mass is 9.99. The van der Waals surface area contributed by atoms with Crippen molar-refractivity contribution in [2.75, 3.05) is 0 Å². The molecule has 0 fully saturated rings. The smallest absolute Gasteiger partial charge is 0.280 e. The number of H-pyrrole nitrogens is 1. The van der Waals surface area contributed by atoms with Gasteiger partial charge in [-0.1, -0.05) is 59.2 Å². The number of aliphatic imine (C=N–C) groups is 1. The fourth-order valence-corrected chi connectivity index (χ4v) is 3.17. The van der Waals surface area contributed by atoms with Gasteiger partial charge in [-0.25, -0.2) is 4.99 Å². The molecule has 0 saturated carbocycles. The van der Waals surface area contributed by atoms with Gasteiger partial charge in [0, 0.05) is 10.5 Å². The van der Waals surface area contributed by atoms with Crippen molar-refractivity contribution in [2.24, 2.45) is 10.1 Å². The second-order valence-corrected chi connectivity index (χ2v) is 6.32. The molecule has 4 rings (SSSR count). The van der Waals surface area contributed by atoms with Gasteiger partial charge in [0.1, 0.15) is 0 Å². The molecule has 0 bridgehead atoms. The van der Waals surface area contributed by atoms with Crippen LogP contribution in [0.5, 0.6) is 5.88 Å². The summed E-state index contributed by atoms with van der Waals surface area (Å²) in [4.78, 5) is 22.4. The molecule has 2 heterocycles. The van der Waals surface area contributed by atoms with Crippen LogP contribution in [-0.2, 0) is 6.54 Å². The third kappa shape index (κ3) is 2.86. The summed E-state index contributed by atoms with van der Waals surface area (Å²) < 4.78 is 0. The lowest BCUT2D eigenvalue weighted by molar-refractivity contribution is 0.101. The number of amides is 1. The van der Waals surface area contributed by atoms with E-state index in [0.717, 1.165) is 22.3 Å². The first-order valence-electron chi connectivity index (χ1n) is 8.34. The molecule has 3 aromatic rings. The van der Waals surface area contributed by atoms with Gasteiger partial charge in [-0.15, -0.1) is 0 Å². The summed E-state index contributed by atoms with van der Waals surface area (Å²) in [6.07, 6.45) is 0. The van der Waals surface area contributed by atoms with Crippen molar-refractivity contribution in [3.63, 3.8) is 0 Å². The summed E-state index contributed by atoms with van der Waals surface area (Å²) >= 11 is 0. The first-order valence-corrected chi connectivity index (χ1v) is 8.34. The number of nitrogens with zero attached hydrogens (tertiary/aromatic N) is 4. The Bertz CT molecular complexity index is 1120. The summed E-state index contributed by atoms with van der Waals surface area (Å²) in [5.41, 5.74) is 13.7.